The molecule has 1 N–H and O–H groups in total. The predicted octanol–water partition coefficient (Wildman–Crippen LogP) is 3.22. The van der Waals surface area contributed by atoms with Crippen LogP contribution in [0.5, 0.6) is 0 Å². The lowest BCUT2D eigenvalue weighted by molar-refractivity contribution is -0.120. The Balaban J connectivity index is 2.21. The van der Waals surface area contributed by atoms with E-state index in [1.54, 1.807) is 0 Å². The van der Waals surface area contributed by atoms with Crippen molar-refractivity contribution < 1.29 is 4.79 Å². The number of nitrogens with one attached hydrogen (secondary N) is 1. The van der Waals surface area contributed by atoms with Gasteiger partial charge >= 0.3 is 0 Å². The number of rotatable bonds is 8. The summed E-state index contributed by atoms with van der Waals surface area (Å²) in [6.45, 7) is 2.95. The summed E-state index contributed by atoms with van der Waals surface area (Å²) < 4.78 is 0. The van der Waals surface area contributed by atoms with Crippen molar-refractivity contribution in [3.05, 3.63) is 35.9 Å². The van der Waals surface area contributed by atoms with Crippen LogP contribution in [-0.2, 0) is 11.2 Å². The number of benzene rings is 1. The third kappa shape index (κ3) is 6.10. The SMILES string of the molecule is CCCCCCNC(=O)C(S)Cc1ccccc1. The first-order valence-electron chi connectivity index (χ1n) is 6.73. The summed E-state index contributed by atoms with van der Waals surface area (Å²) in [6, 6.07) is 10.00. The molecule has 2 nitrogen and oxygen atoms in total. The third-order valence-corrected chi connectivity index (χ3v) is 3.32. The van der Waals surface area contributed by atoms with Crippen LogP contribution in [0.2, 0.25) is 0 Å². The monoisotopic (exact) mass is 265 g/mol. The largest absolute Gasteiger partial charge is 0.355 e. The Kier molecular flexibility index (Phi) is 7.58. The van der Waals surface area contributed by atoms with Crippen LogP contribution < -0.4 is 5.32 Å². The summed E-state index contributed by atoms with van der Waals surface area (Å²) in [7, 11) is 0. The molecule has 0 aliphatic carbocycles. The van der Waals surface area contributed by atoms with E-state index in [-0.39, 0.29) is 11.2 Å². The molecule has 0 saturated heterocycles. The van der Waals surface area contributed by atoms with Crippen LogP contribution in [0.4, 0.5) is 0 Å². The molecule has 3 heteroatoms. The van der Waals surface area contributed by atoms with Gasteiger partial charge in [0.15, 0.2) is 0 Å². The Morgan fingerprint density at radius 2 is 1.94 bits per heavy atom. The van der Waals surface area contributed by atoms with Gasteiger partial charge in [-0.05, 0) is 18.4 Å². The van der Waals surface area contributed by atoms with Gasteiger partial charge in [0.2, 0.25) is 5.91 Å². The average Bonchev–Trinajstić information content (AvgIpc) is 2.39. The van der Waals surface area contributed by atoms with Crippen LogP contribution in [0.15, 0.2) is 30.3 Å². The molecule has 0 heterocycles. The van der Waals surface area contributed by atoms with E-state index in [4.69, 9.17) is 0 Å². The highest BCUT2D eigenvalue weighted by Gasteiger charge is 2.13. The number of unbranched alkanes of at least 4 members (excludes halogenated alkanes) is 3. The van der Waals surface area contributed by atoms with Crippen LogP contribution in [0, 0.1) is 0 Å². The van der Waals surface area contributed by atoms with Crippen molar-refractivity contribution in [1.29, 1.82) is 0 Å². The Morgan fingerprint density at radius 1 is 1.22 bits per heavy atom. The van der Waals surface area contributed by atoms with Crippen LogP contribution in [0.25, 0.3) is 0 Å². The van der Waals surface area contributed by atoms with Gasteiger partial charge in [0.25, 0.3) is 0 Å². The molecule has 1 amide bonds. The zero-order chi connectivity index (χ0) is 13.2. The molecular weight excluding hydrogens is 242 g/mol. The molecule has 18 heavy (non-hydrogen) atoms. The molecule has 1 aromatic rings. The highest BCUT2D eigenvalue weighted by Crippen LogP contribution is 2.07. The first kappa shape index (κ1) is 15.1. The fraction of sp³-hybridized carbons (Fsp3) is 0.533. The van der Waals surface area contributed by atoms with Gasteiger partial charge in [0.1, 0.15) is 0 Å². The maximum absolute atomic E-state index is 11.8. The quantitative estimate of drug-likeness (QED) is 0.548. The molecule has 100 valence electrons. The number of carbonyl (C=O) groups excluding carboxylic acids is 1. The van der Waals surface area contributed by atoms with Crippen LogP contribution in [0.3, 0.4) is 0 Å². The second-order valence-electron chi connectivity index (χ2n) is 4.56. The third-order valence-electron chi connectivity index (χ3n) is 2.90. The Bertz CT molecular complexity index is 340. The van der Waals surface area contributed by atoms with E-state index in [0.717, 1.165) is 18.5 Å². The lowest BCUT2D eigenvalue weighted by Crippen LogP contribution is -2.33. The zero-order valence-electron chi connectivity index (χ0n) is 11.1. The van der Waals surface area contributed by atoms with Crippen LogP contribution >= 0.6 is 12.6 Å². The molecule has 1 aromatic carbocycles. The predicted molar refractivity (Wildman–Crippen MR) is 80.1 cm³/mol. The number of carbonyl (C=O) groups is 1. The van der Waals surface area contributed by atoms with E-state index in [2.05, 4.69) is 24.9 Å². The van der Waals surface area contributed by atoms with Gasteiger partial charge in [-0.3, -0.25) is 4.79 Å². The minimum absolute atomic E-state index is 0.0404. The first-order chi connectivity index (χ1) is 8.74. The summed E-state index contributed by atoms with van der Waals surface area (Å²) in [4.78, 5) is 11.8. The van der Waals surface area contributed by atoms with Gasteiger partial charge in [-0.2, -0.15) is 12.6 Å². The summed E-state index contributed by atoms with van der Waals surface area (Å²) in [5.41, 5.74) is 1.15. The van der Waals surface area contributed by atoms with Gasteiger partial charge in [0.05, 0.1) is 5.25 Å². The van der Waals surface area contributed by atoms with Crippen LogP contribution in [-0.4, -0.2) is 17.7 Å². The van der Waals surface area contributed by atoms with Gasteiger partial charge in [-0.25, -0.2) is 0 Å². The number of hydrogen-bond acceptors (Lipinski definition) is 2. The fourth-order valence-corrected chi connectivity index (χ4v) is 2.11. The van der Waals surface area contributed by atoms with Crippen molar-refractivity contribution in [2.75, 3.05) is 6.54 Å². The molecule has 0 bridgehead atoms. The van der Waals surface area contributed by atoms with Crippen molar-refractivity contribution in [2.45, 2.75) is 44.3 Å². The van der Waals surface area contributed by atoms with Gasteiger partial charge in [-0.1, -0.05) is 56.5 Å². The molecule has 1 atom stereocenters. The topological polar surface area (TPSA) is 29.1 Å². The normalized spacial score (nSPS) is 12.1. The van der Waals surface area contributed by atoms with E-state index in [0.29, 0.717) is 6.42 Å². The molecule has 1 unspecified atom stereocenters. The smallest absolute Gasteiger partial charge is 0.233 e. The Morgan fingerprint density at radius 3 is 2.61 bits per heavy atom. The molecule has 0 saturated carbocycles. The molecule has 0 fully saturated rings. The van der Waals surface area contributed by atoms with E-state index >= 15 is 0 Å². The average molecular weight is 265 g/mol. The van der Waals surface area contributed by atoms with Crippen LogP contribution in [0.1, 0.15) is 38.2 Å². The summed E-state index contributed by atoms with van der Waals surface area (Å²) in [6.07, 6.45) is 5.39. The van der Waals surface area contributed by atoms with Crippen molar-refractivity contribution in [3.8, 4) is 0 Å². The second kappa shape index (κ2) is 9.03. The zero-order valence-corrected chi connectivity index (χ0v) is 12.0. The van der Waals surface area contributed by atoms with E-state index in [1.807, 2.05) is 30.3 Å². The highest BCUT2D eigenvalue weighted by molar-refractivity contribution is 7.81. The highest BCUT2D eigenvalue weighted by atomic mass is 32.1. The molecule has 0 aliphatic heterocycles. The number of hydrogen-bond donors (Lipinski definition) is 2. The standard InChI is InChI=1S/C15H23NOS/c1-2-3-4-8-11-16-15(17)14(18)12-13-9-6-5-7-10-13/h5-7,9-10,14,18H,2-4,8,11-12H2,1H3,(H,16,17). The summed E-state index contributed by atoms with van der Waals surface area (Å²) in [5, 5.41) is 2.69. The van der Waals surface area contributed by atoms with Crippen molar-refractivity contribution >= 4 is 18.5 Å². The van der Waals surface area contributed by atoms with E-state index in [9.17, 15) is 4.79 Å². The molecule has 0 spiro atoms. The maximum atomic E-state index is 11.8. The van der Waals surface area contributed by atoms with Gasteiger partial charge in [0, 0.05) is 6.54 Å². The minimum atomic E-state index is -0.251. The lowest BCUT2D eigenvalue weighted by Gasteiger charge is -2.11. The molecule has 0 aliphatic rings. The second-order valence-corrected chi connectivity index (χ2v) is 5.18. The van der Waals surface area contributed by atoms with Crippen molar-refractivity contribution in [2.24, 2.45) is 0 Å². The number of thiol groups is 1. The van der Waals surface area contributed by atoms with Gasteiger partial charge < -0.3 is 5.32 Å². The molecule has 0 aromatic heterocycles. The Hall–Kier alpha value is -0.960. The summed E-state index contributed by atoms with van der Waals surface area (Å²) >= 11 is 4.37. The lowest BCUT2D eigenvalue weighted by atomic mass is 10.1. The van der Waals surface area contributed by atoms with Gasteiger partial charge in [-0.15, -0.1) is 0 Å². The molecule has 0 radical (unpaired) electrons. The summed E-state index contributed by atoms with van der Waals surface area (Å²) in [5.74, 6) is 0.0404. The first-order valence-corrected chi connectivity index (χ1v) is 7.25. The Labute approximate surface area is 116 Å². The minimum Gasteiger partial charge on any atom is -0.355 e. The van der Waals surface area contributed by atoms with E-state index in [1.165, 1.54) is 19.3 Å². The number of amides is 1. The maximum Gasteiger partial charge on any atom is 0.233 e. The van der Waals surface area contributed by atoms with Crippen molar-refractivity contribution in [3.63, 3.8) is 0 Å². The molecular formula is C15H23NOS. The van der Waals surface area contributed by atoms with Crippen molar-refractivity contribution in [1.82, 2.24) is 5.32 Å². The molecule has 1 rings (SSSR count). The fourth-order valence-electron chi connectivity index (χ4n) is 1.81. The van der Waals surface area contributed by atoms with E-state index < -0.39 is 0 Å².